The van der Waals surface area contributed by atoms with Crippen LogP contribution in [-0.4, -0.2) is 35.9 Å². The SMILES string of the molecule is CCCNc1nc(N)c(C(=O)N(C)CC2CCCC2)s1. The smallest absolute Gasteiger partial charge is 0.267 e. The van der Waals surface area contributed by atoms with Gasteiger partial charge in [0, 0.05) is 20.1 Å². The van der Waals surface area contributed by atoms with E-state index in [1.54, 1.807) is 4.90 Å². The number of carbonyl (C=O) groups excluding carboxylic acids is 1. The van der Waals surface area contributed by atoms with E-state index in [0.29, 0.717) is 16.6 Å². The molecule has 1 heterocycles. The second-order valence-electron chi connectivity index (χ2n) is 5.50. The van der Waals surface area contributed by atoms with E-state index in [1.807, 2.05) is 7.05 Å². The molecule has 1 aromatic rings. The third kappa shape index (κ3) is 3.62. The lowest BCUT2D eigenvalue weighted by Gasteiger charge is -2.20. The van der Waals surface area contributed by atoms with Crippen LogP contribution >= 0.6 is 11.3 Å². The van der Waals surface area contributed by atoms with E-state index in [0.717, 1.165) is 24.6 Å². The molecule has 1 aliphatic carbocycles. The Kier molecular flexibility index (Phi) is 5.23. The average molecular weight is 296 g/mol. The topological polar surface area (TPSA) is 71.2 Å². The van der Waals surface area contributed by atoms with E-state index in [1.165, 1.54) is 37.0 Å². The lowest BCUT2D eigenvalue weighted by atomic mass is 10.1. The van der Waals surface area contributed by atoms with E-state index < -0.39 is 0 Å². The molecule has 112 valence electrons. The monoisotopic (exact) mass is 296 g/mol. The second-order valence-corrected chi connectivity index (χ2v) is 6.50. The molecule has 2 rings (SSSR count). The predicted molar refractivity (Wildman–Crippen MR) is 84.2 cm³/mol. The number of amides is 1. The molecular formula is C14H24N4OS. The molecule has 1 aromatic heterocycles. The highest BCUT2D eigenvalue weighted by atomic mass is 32.1. The van der Waals surface area contributed by atoms with Gasteiger partial charge in [0.1, 0.15) is 10.7 Å². The van der Waals surface area contributed by atoms with Crippen molar-refractivity contribution in [2.24, 2.45) is 5.92 Å². The van der Waals surface area contributed by atoms with Gasteiger partial charge >= 0.3 is 0 Å². The number of carbonyl (C=O) groups is 1. The summed E-state index contributed by atoms with van der Waals surface area (Å²) in [6.45, 7) is 3.76. The molecule has 0 radical (unpaired) electrons. The van der Waals surface area contributed by atoms with E-state index in [2.05, 4.69) is 17.2 Å². The number of hydrogen-bond acceptors (Lipinski definition) is 5. The van der Waals surface area contributed by atoms with Gasteiger partial charge in [0.25, 0.3) is 5.91 Å². The molecule has 0 spiro atoms. The van der Waals surface area contributed by atoms with E-state index in [9.17, 15) is 4.79 Å². The molecular weight excluding hydrogens is 272 g/mol. The first-order valence-corrected chi connectivity index (χ1v) is 8.19. The van der Waals surface area contributed by atoms with Crippen LogP contribution < -0.4 is 11.1 Å². The van der Waals surface area contributed by atoms with Crippen LogP contribution in [0.5, 0.6) is 0 Å². The molecule has 0 unspecified atom stereocenters. The minimum Gasteiger partial charge on any atom is -0.382 e. The standard InChI is InChI=1S/C14H24N4OS/c1-3-8-16-14-17-12(15)11(20-14)13(19)18(2)9-10-6-4-5-7-10/h10H,3-9,15H2,1-2H3,(H,16,17). The van der Waals surface area contributed by atoms with Crippen LogP contribution in [0, 0.1) is 5.92 Å². The first-order chi connectivity index (χ1) is 9.61. The molecule has 0 aliphatic heterocycles. The number of anilines is 2. The van der Waals surface area contributed by atoms with Crippen molar-refractivity contribution >= 4 is 28.2 Å². The normalized spacial score (nSPS) is 15.5. The maximum atomic E-state index is 12.4. The van der Waals surface area contributed by atoms with Gasteiger partial charge in [-0.3, -0.25) is 4.79 Å². The van der Waals surface area contributed by atoms with E-state index in [-0.39, 0.29) is 5.91 Å². The summed E-state index contributed by atoms with van der Waals surface area (Å²) in [6.07, 6.45) is 6.07. The zero-order valence-electron chi connectivity index (χ0n) is 12.3. The summed E-state index contributed by atoms with van der Waals surface area (Å²) in [7, 11) is 1.86. The fraction of sp³-hybridized carbons (Fsp3) is 0.714. The van der Waals surface area contributed by atoms with Crippen LogP contribution in [-0.2, 0) is 0 Å². The first kappa shape index (κ1) is 15.1. The number of nitrogen functional groups attached to an aromatic ring is 1. The molecule has 0 saturated heterocycles. The Labute approximate surface area is 124 Å². The van der Waals surface area contributed by atoms with Gasteiger partial charge in [-0.25, -0.2) is 4.98 Å². The van der Waals surface area contributed by atoms with Crippen molar-refractivity contribution in [3.8, 4) is 0 Å². The van der Waals surface area contributed by atoms with Gasteiger partial charge < -0.3 is 16.0 Å². The van der Waals surface area contributed by atoms with Crippen molar-refractivity contribution in [3.05, 3.63) is 4.88 Å². The number of hydrogen-bond donors (Lipinski definition) is 2. The molecule has 3 N–H and O–H groups in total. The van der Waals surface area contributed by atoms with Crippen LogP contribution in [0.15, 0.2) is 0 Å². The van der Waals surface area contributed by atoms with Crippen LogP contribution in [0.3, 0.4) is 0 Å². The van der Waals surface area contributed by atoms with E-state index >= 15 is 0 Å². The molecule has 1 amide bonds. The zero-order chi connectivity index (χ0) is 14.5. The van der Waals surface area contributed by atoms with Gasteiger partial charge in [0.2, 0.25) is 0 Å². The zero-order valence-corrected chi connectivity index (χ0v) is 13.1. The Morgan fingerprint density at radius 3 is 2.85 bits per heavy atom. The van der Waals surface area contributed by atoms with Crippen LogP contribution in [0.1, 0.15) is 48.7 Å². The third-order valence-electron chi connectivity index (χ3n) is 3.73. The molecule has 20 heavy (non-hydrogen) atoms. The Morgan fingerprint density at radius 2 is 2.20 bits per heavy atom. The summed E-state index contributed by atoms with van der Waals surface area (Å²) >= 11 is 1.36. The summed E-state index contributed by atoms with van der Waals surface area (Å²) in [5.41, 5.74) is 5.87. The Morgan fingerprint density at radius 1 is 1.50 bits per heavy atom. The first-order valence-electron chi connectivity index (χ1n) is 7.37. The van der Waals surface area contributed by atoms with Crippen LogP contribution in [0.2, 0.25) is 0 Å². The van der Waals surface area contributed by atoms with Crippen LogP contribution in [0.4, 0.5) is 10.9 Å². The summed E-state index contributed by atoms with van der Waals surface area (Å²) in [4.78, 5) is 19.0. The highest BCUT2D eigenvalue weighted by Gasteiger charge is 2.23. The highest BCUT2D eigenvalue weighted by Crippen LogP contribution is 2.28. The molecule has 0 atom stereocenters. The molecule has 0 bridgehead atoms. The van der Waals surface area contributed by atoms with Gasteiger partial charge in [-0.05, 0) is 25.2 Å². The van der Waals surface area contributed by atoms with Gasteiger partial charge in [-0.2, -0.15) is 0 Å². The van der Waals surface area contributed by atoms with Gasteiger partial charge in [0.15, 0.2) is 5.13 Å². The largest absolute Gasteiger partial charge is 0.382 e. The van der Waals surface area contributed by atoms with Crippen molar-refractivity contribution in [1.29, 1.82) is 0 Å². The quantitative estimate of drug-likeness (QED) is 0.847. The maximum absolute atomic E-state index is 12.4. The molecule has 1 saturated carbocycles. The molecule has 1 fully saturated rings. The summed E-state index contributed by atoms with van der Waals surface area (Å²) in [6, 6.07) is 0. The molecule has 5 nitrogen and oxygen atoms in total. The maximum Gasteiger partial charge on any atom is 0.267 e. The van der Waals surface area contributed by atoms with Gasteiger partial charge in [-0.15, -0.1) is 0 Å². The number of thiazole rings is 1. The molecule has 6 heteroatoms. The van der Waals surface area contributed by atoms with Crippen molar-refractivity contribution < 1.29 is 4.79 Å². The lowest BCUT2D eigenvalue weighted by Crippen LogP contribution is -2.31. The Hall–Kier alpha value is -1.30. The third-order valence-corrected chi connectivity index (χ3v) is 4.74. The Bertz CT molecular complexity index is 454. The minimum absolute atomic E-state index is 0.00329. The fourth-order valence-electron chi connectivity index (χ4n) is 2.63. The minimum atomic E-state index is -0.00329. The Balaban J connectivity index is 1.98. The van der Waals surface area contributed by atoms with Gasteiger partial charge in [-0.1, -0.05) is 31.1 Å². The number of rotatable bonds is 6. The van der Waals surface area contributed by atoms with Crippen molar-refractivity contribution in [1.82, 2.24) is 9.88 Å². The highest BCUT2D eigenvalue weighted by molar-refractivity contribution is 7.18. The van der Waals surface area contributed by atoms with E-state index in [4.69, 9.17) is 5.73 Å². The predicted octanol–water partition coefficient (Wildman–Crippen LogP) is 2.81. The number of nitrogens with one attached hydrogen (secondary N) is 1. The number of nitrogens with two attached hydrogens (primary N) is 1. The van der Waals surface area contributed by atoms with Crippen molar-refractivity contribution in [3.63, 3.8) is 0 Å². The lowest BCUT2D eigenvalue weighted by molar-refractivity contribution is 0.0779. The average Bonchev–Trinajstić information content (AvgIpc) is 3.05. The van der Waals surface area contributed by atoms with Crippen molar-refractivity contribution in [2.75, 3.05) is 31.2 Å². The fourth-order valence-corrected chi connectivity index (χ4v) is 3.53. The van der Waals surface area contributed by atoms with Crippen molar-refractivity contribution in [2.45, 2.75) is 39.0 Å². The number of nitrogens with zero attached hydrogens (tertiary/aromatic N) is 2. The summed E-state index contributed by atoms with van der Waals surface area (Å²) in [5, 5.41) is 3.92. The van der Waals surface area contributed by atoms with Crippen LogP contribution in [0.25, 0.3) is 0 Å². The molecule has 0 aromatic carbocycles. The summed E-state index contributed by atoms with van der Waals surface area (Å²) < 4.78 is 0. The van der Waals surface area contributed by atoms with Gasteiger partial charge in [0.05, 0.1) is 0 Å². The summed E-state index contributed by atoms with van der Waals surface area (Å²) in [5.74, 6) is 0.990. The second kappa shape index (κ2) is 6.92. The molecule has 1 aliphatic rings. The number of aromatic nitrogens is 1.